The topological polar surface area (TPSA) is 18.5 Å². The summed E-state index contributed by atoms with van der Waals surface area (Å²) in [4.78, 5) is 4.68. The third-order valence-electron chi connectivity index (χ3n) is 4.92. The van der Waals surface area contributed by atoms with Crippen molar-refractivity contribution >= 4 is 40.3 Å². The fourth-order valence-electron chi connectivity index (χ4n) is 3.15. The lowest BCUT2D eigenvalue weighted by molar-refractivity contribution is 0.390. The molecule has 0 bridgehead atoms. The number of piperazine rings is 1. The summed E-state index contributed by atoms with van der Waals surface area (Å²) in [5.74, 6) is 0. The van der Waals surface area contributed by atoms with E-state index >= 15 is 0 Å². The molecule has 5 heteroatoms. The SMILES string of the molecule is Cc1ccc(Cl)cc1NC(=S)N1CCN(c2cccc(C)c2C)CC1. The number of nitrogens with one attached hydrogen (secondary N) is 1. The van der Waals surface area contributed by atoms with E-state index in [0.717, 1.165) is 47.6 Å². The van der Waals surface area contributed by atoms with Gasteiger partial charge in [0.15, 0.2) is 5.11 Å². The maximum absolute atomic E-state index is 6.10. The van der Waals surface area contributed by atoms with Crippen LogP contribution in [-0.2, 0) is 0 Å². The van der Waals surface area contributed by atoms with Crippen LogP contribution in [0.3, 0.4) is 0 Å². The van der Waals surface area contributed by atoms with Crippen LogP contribution in [0.4, 0.5) is 11.4 Å². The second-order valence-electron chi connectivity index (χ2n) is 6.58. The zero-order chi connectivity index (χ0) is 18.0. The van der Waals surface area contributed by atoms with Crippen molar-refractivity contribution in [3.05, 3.63) is 58.1 Å². The van der Waals surface area contributed by atoms with Crippen LogP contribution >= 0.6 is 23.8 Å². The lowest BCUT2D eigenvalue weighted by Gasteiger charge is -2.38. The molecule has 0 spiro atoms. The van der Waals surface area contributed by atoms with Crippen molar-refractivity contribution in [3.63, 3.8) is 0 Å². The normalized spacial score (nSPS) is 14.6. The van der Waals surface area contributed by atoms with Crippen LogP contribution in [0.2, 0.25) is 5.02 Å². The highest BCUT2D eigenvalue weighted by Gasteiger charge is 2.20. The molecule has 2 aromatic rings. The molecule has 132 valence electrons. The maximum atomic E-state index is 6.10. The molecule has 0 aromatic heterocycles. The van der Waals surface area contributed by atoms with E-state index in [-0.39, 0.29) is 0 Å². The van der Waals surface area contributed by atoms with Crippen LogP contribution in [0, 0.1) is 20.8 Å². The predicted octanol–water partition coefficient (Wildman–Crippen LogP) is 4.78. The molecule has 1 N–H and O–H groups in total. The minimum absolute atomic E-state index is 0.718. The highest BCUT2D eigenvalue weighted by molar-refractivity contribution is 7.80. The van der Waals surface area contributed by atoms with E-state index in [2.05, 4.69) is 54.1 Å². The standard InChI is InChI=1S/C20H24ClN3S/c1-14-5-4-6-19(16(14)3)23-9-11-24(12-10-23)20(25)22-18-13-17(21)8-7-15(18)2/h4-8,13H,9-12H2,1-3H3,(H,22,25). The molecule has 3 rings (SSSR count). The van der Waals surface area contributed by atoms with Gasteiger partial charge in [0.2, 0.25) is 0 Å². The summed E-state index contributed by atoms with van der Waals surface area (Å²) in [5, 5.41) is 4.84. The number of rotatable bonds is 2. The third kappa shape index (κ3) is 4.07. The van der Waals surface area contributed by atoms with Crippen molar-refractivity contribution < 1.29 is 0 Å². The van der Waals surface area contributed by atoms with Gasteiger partial charge in [0.1, 0.15) is 0 Å². The van der Waals surface area contributed by atoms with Crippen molar-refractivity contribution in [2.45, 2.75) is 20.8 Å². The zero-order valence-electron chi connectivity index (χ0n) is 15.0. The monoisotopic (exact) mass is 373 g/mol. The number of aryl methyl sites for hydroxylation is 2. The molecule has 0 aliphatic carbocycles. The van der Waals surface area contributed by atoms with Gasteiger partial charge in [0.05, 0.1) is 0 Å². The summed E-state index contributed by atoms with van der Waals surface area (Å²) in [7, 11) is 0. The summed E-state index contributed by atoms with van der Waals surface area (Å²) < 4.78 is 0. The van der Waals surface area contributed by atoms with Gasteiger partial charge in [-0.3, -0.25) is 0 Å². The number of thiocarbonyl (C=S) groups is 1. The second kappa shape index (κ2) is 7.63. The summed E-state index contributed by atoms with van der Waals surface area (Å²) in [6, 6.07) is 12.3. The number of halogens is 1. The first-order valence-corrected chi connectivity index (χ1v) is 9.37. The Morgan fingerprint density at radius 1 is 1.00 bits per heavy atom. The molecular weight excluding hydrogens is 350 g/mol. The molecule has 0 atom stereocenters. The van der Waals surface area contributed by atoms with Gasteiger partial charge in [0.25, 0.3) is 0 Å². The van der Waals surface area contributed by atoms with Gasteiger partial charge in [0, 0.05) is 42.6 Å². The van der Waals surface area contributed by atoms with Crippen molar-refractivity contribution in [1.82, 2.24) is 4.90 Å². The van der Waals surface area contributed by atoms with Gasteiger partial charge in [-0.15, -0.1) is 0 Å². The smallest absolute Gasteiger partial charge is 0.173 e. The molecule has 1 aliphatic heterocycles. The van der Waals surface area contributed by atoms with E-state index in [4.69, 9.17) is 23.8 Å². The molecule has 1 saturated heterocycles. The van der Waals surface area contributed by atoms with Crippen LogP contribution in [0.1, 0.15) is 16.7 Å². The fraction of sp³-hybridized carbons (Fsp3) is 0.350. The summed E-state index contributed by atoms with van der Waals surface area (Å²) in [6.07, 6.45) is 0. The van der Waals surface area contributed by atoms with E-state index in [0.29, 0.717) is 0 Å². The summed E-state index contributed by atoms with van der Waals surface area (Å²) in [5.41, 5.74) is 6.17. The highest BCUT2D eigenvalue weighted by Crippen LogP contribution is 2.24. The average molecular weight is 374 g/mol. The maximum Gasteiger partial charge on any atom is 0.173 e. The Bertz CT molecular complexity index is 783. The molecular formula is C20H24ClN3S. The van der Waals surface area contributed by atoms with Crippen molar-refractivity contribution in [2.75, 3.05) is 36.4 Å². The lowest BCUT2D eigenvalue weighted by atomic mass is 10.1. The number of hydrogen-bond donors (Lipinski definition) is 1. The largest absolute Gasteiger partial charge is 0.368 e. The molecule has 3 nitrogen and oxygen atoms in total. The number of anilines is 2. The predicted molar refractivity (Wildman–Crippen MR) is 112 cm³/mol. The van der Waals surface area contributed by atoms with Crippen LogP contribution < -0.4 is 10.2 Å². The Morgan fingerprint density at radius 2 is 1.72 bits per heavy atom. The molecule has 25 heavy (non-hydrogen) atoms. The van der Waals surface area contributed by atoms with E-state index in [9.17, 15) is 0 Å². The quantitative estimate of drug-likeness (QED) is 0.763. The first-order valence-electron chi connectivity index (χ1n) is 8.59. The third-order valence-corrected chi connectivity index (χ3v) is 5.52. The average Bonchev–Trinajstić information content (AvgIpc) is 2.61. The summed E-state index contributed by atoms with van der Waals surface area (Å²) >= 11 is 11.7. The van der Waals surface area contributed by atoms with E-state index < -0.39 is 0 Å². The number of benzene rings is 2. The molecule has 1 aliphatic rings. The van der Waals surface area contributed by atoms with Gasteiger partial charge in [-0.05, 0) is 67.9 Å². The second-order valence-corrected chi connectivity index (χ2v) is 7.41. The molecule has 0 unspecified atom stereocenters. The molecule has 1 heterocycles. The van der Waals surface area contributed by atoms with Gasteiger partial charge in [-0.2, -0.15) is 0 Å². The van der Waals surface area contributed by atoms with Crippen LogP contribution in [0.5, 0.6) is 0 Å². The van der Waals surface area contributed by atoms with E-state index in [1.54, 1.807) is 0 Å². The van der Waals surface area contributed by atoms with Gasteiger partial charge < -0.3 is 15.1 Å². The lowest BCUT2D eigenvalue weighted by Crippen LogP contribution is -2.50. The minimum Gasteiger partial charge on any atom is -0.368 e. The van der Waals surface area contributed by atoms with Crippen LogP contribution in [0.25, 0.3) is 0 Å². The Labute approximate surface area is 160 Å². The van der Waals surface area contributed by atoms with E-state index in [1.165, 1.54) is 16.8 Å². The first kappa shape index (κ1) is 18.0. The molecule has 0 amide bonds. The Kier molecular flexibility index (Phi) is 5.50. The van der Waals surface area contributed by atoms with Gasteiger partial charge in [-0.25, -0.2) is 0 Å². The Balaban J connectivity index is 1.63. The summed E-state index contributed by atoms with van der Waals surface area (Å²) in [6.45, 7) is 10.2. The molecule has 0 radical (unpaired) electrons. The van der Waals surface area contributed by atoms with Crippen molar-refractivity contribution in [3.8, 4) is 0 Å². The van der Waals surface area contributed by atoms with Crippen LogP contribution in [0.15, 0.2) is 36.4 Å². The van der Waals surface area contributed by atoms with Gasteiger partial charge >= 0.3 is 0 Å². The van der Waals surface area contributed by atoms with Crippen molar-refractivity contribution in [2.24, 2.45) is 0 Å². The fourth-order valence-corrected chi connectivity index (χ4v) is 3.62. The highest BCUT2D eigenvalue weighted by atomic mass is 35.5. The molecule has 0 saturated carbocycles. The molecule has 2 aromatic carbocycles. The Morgan fingerprint density at radius 3 is 2.44 bits per heavy atom. The van der Waals surface area contributed by atoms with Crippen LogP contribution in [-0.4, -0.2) is 36.2 Å². The minimum atomic E-state index is 0.718. The zero-order valence-corrected chi connectivity index (χ0v) is 16.5. The number of nitrogens with zero attached hydrogens (tertiary/aromatic N) is 2. The Hall–Kier alpha value is -1.78. The first-order chi connectivity index (χ1) is 12.0. The van der Waals surface area contributed by atoms with E-state index in [1.807, 2.05) is 18.2 Å². The van der Waals surface area contributed by atoms with Gasteiger partial charge in [-0.1, -0.05) is 29.8 Å². The molecule has 1 fully saturated rings. The van der Waals surface area contributed by atoms with Crippen molar-refractivity contribution in [1.29, 1.82) is 0 Å². The number of hydrogen-bond acceptors (Lipinski definition) is 2.